The van der Waals surface area contributed by atoms with Crippen molar-refractivity contribution in [3.63, 3.8) is 0 Å². The Morgan fingerprint density at radius 3 is 2.60 bits per heavy atom. The summed E-state index contributed by atoms with van der Waals surface area (Å²) in [6.45, 7) is 8.04. The second kappa shape index (κ2) is 5.45. The van der Waals surface area contributed by atoms with Crippen molar-refractivity contribution < 1.29 is 0 Å². The van der Waals surface area contributed by atoms with E-state index in [1.165, 1.54) is 12.8 Å². The van der Waals surface area contributed by atoms with Gasteiger partial charge in [0.2, 0.25) is 0 Å². The van der Waals surface area contributed by atoms with Crippen LogP contribution in [0.2, 0.25) is 0 Å². The van der Waals surface area contributed by atoms with Crippen LogP contribution in [0.5, 0.6) is 0 Å². The Balaban J connectivity index is 3.63. The van der Waals surface area contributed by atoms with Crippen LogP contribution in [0.4, 0.5) is 0 Å². The van der Waals surface area contributed by atoms with Crippen LogP contribution >= 0.6 is 0 Å². The highest BCUT2D eigenvalue weighted by Gasteiger charge is 2.09. The van der Waals surface area contributed by atoms with E-state index in [-0.39, 0.29) is 6.04 Å². The summed E-state index contributed by atoms with van der Waals surface area (Å²) < 4.78 is 0. The summed E-state index contributed by atoms with van der Waals surface area (Å²) >= 11 is 0. The lowest BCUT2D eigenvalue weighted by Crippen LogP contribution is -2.38. The van der Waals surface area contributed by atoms with Gasteiger partial charge in [-0.3, -0.25) is 11.3 Å². The molecule has 60 valence electrons. The van der Waals surface area contributed by atoms with Crippen molar-refractivity contribution >= 4 is 0 Å². The molecular weight excluding hydrogens is 124 g/mol. The van der Waals surface area contributed by atoms with Gasteiger partial charge >= 0.3 is 0 Å². The highest BCUT2D eigenvalue weighted by atomic mass is 15.2. The molecule has 0 aromatic carbocycles. The van der Waals surface area contributed by atoms with Crippen LogP contribution in [0.3, 0.4) is 0 Å². The predicted octanol–water partition coefficient (Wildman–Crippen LogP) is 1.44. The zero-order chi connectivity index (χ0) is 7.98. The van der Waals surface area contributed by atoms with Crippen LogP contribution in [-0.4, -0.2) is 6.04 Å². The fourth-order valence-electron chi connectivity index (χ4n) is 1.10. The molecule has 0 heterocycles. The van der Waals surface area contributed by atoms with Gasteiger partial charge in [0.05, 0.1) is 0 Å². The molecule has 2 unspecified atom stereocenters. The lowest BCUT2D eigenvalue weighted by atomic mass is 9.98. The SMILES string of the molecule is C=CC(NN)C(C)CCC. The molecule has 0 saturated heterocycles. The maximum atomic E-state index is 5.29. The molecule has 0 saturated carbocycles. The smallest absolute Gasteiger partial charge is 0.0413 e. The summed E-state index contributed by atoms with van der Waals surface area (Å²) in [5.41, 5.74) is 2.72. The van der Waals surface area contributed by atoms with Gasteiger partial charge in [-0.1, -0.05) is 26.3 Å². The summed E-state index contributed by atoms with van der Waals surface area (Å²) in [6, 6.07) is 0.264. The summed E-state index contributed by atoms with van der Waals surface area (Å²) in [6.07, 6.45) is 4.26. The Hall–Kier alpha value is -0.340. The molecule has 0 fully saturated rings. The average molecular weight is 142 g/mol. The van der Waals surface area contributed by atoms with Crippen molar-refractivity contribution in [2.45, 2.75) is 32.7 Å². The molecule has 0 aromatic rings. The molecule has 3 N–H and O–H groups in total. The standard InChI is InChI=1S/C8H18N2/c1-4-6-7(3)8(5-2)10-9/h5,7-8,10H,2,4,6,9H2,1,3H3. The van der Waals surface area contributed by atoms with Gasteiger partial charge in [0.1, 0.15) is 0 Å². The molecule has 0 spiro atoms. The number of hydrazine groups is 1. The van der Waals surface area contributed by atoms with Crippen LogP contribution in [-0.2, 0) is 0 Å². The summed E-state index contributed by atoms with van der Waals surface area (Å²) in [5, 5.41) is 0. The third-order valence-electron chi connectivity index (χ3n) is 1.80. The van der Waals surface area contributed by atoms with Gasteiger partial charge < -0.3 is 0 Å². The van der Waals surface area contributed by atoms with Crippen LogP contribution in [0.25, 0.3) is 0 Å². The van der Waals surface area contributed by atoms with E-state index in [0.717, 1.165) is 0 Å². The Kier molecular flexibility index (Phi) is 5.26. The monoisotopic (exact) mass is 142 g/mol. The summed E-state index contributed by atoms with van der Waals surface area (Å²) in [5.74, 6) is 5.88. The fourth-order valence-corrected chi connectivity index (χ4v) is 1.10. The number of rotatable bonds is 5. The first-order valence-corrected chi connectivity index (χ1v) is 3.84. The first-order chi connectivity index (χ1) is 4.76. The van der Waals surface area contributed by atoms with Gasteiger partial charge in [-0.05, 0) is 12.3 Å². The van der Waals surface area contributed by atoms with Crippen LogP contribution in [0, 0.1) is 5.92 Å². The molecule has 0 rings (SSSR count). The summed E-state index contributed by atoms with van der Waals surface area (Å²) in [4.78, 5) is 0. The van der Waals surface area contributed by atoms with E-state index < -0.39 is 0 Å². The van der Waals surface area contributed by atoms with E-state index in [0.29, 0.717) is 5.92 Å². The topological polar surface area (TPSA) is 38.0 Å². The van der Waals surface area contributed by atoms with E-state index >= 15 is 0 Å². The van der Waals surface area contributed by atoms with Gasteiger partial charge in [0, 0.05) is 6.04 Å². The molecular formula is C8H18N2. The van der Waals surface area contributed by atoms with E-state index in [2.05, 4.69) is 25.9 Å². The van der Waals surface area contributed by atoms with Crippen LogP contribution in [0.1, 0.15) is 26.7 Å². The zero-order valence-electron chi connectivity index (χ0n) is 6.93. The van der Waals surface area contributed by atoms with Crippen LogP contribution < -0.4 is 11.3 Å². The number of hydrogen-bond acceptors (Lipinski definition) is 2. The van der Waals surface area contributed by atoms with Gasteiger partial charge in [-0.25, -0.2) is 0 Å². The normalized spacial score (nSPS) is 16.3. The van der Waals surface area contributed by atoms with Gasteiger partial charge in [-0.2, -0.15) is 0 Å². The molecule has 2 heteroatoms. The second-order valence-electron chi connectivity index (χ2n) is 2.69. The largest absolute Gasteiger partial charge is 0.271 e. The Morgan fingerprint density at radius 1 is 1.70 bits per heavy atom. The predicted molar refractivity (Wildman–Crippen MR) is 45.4 cm³/mol. The van der Waals surface area contributed by atoms with Gasteiger partial charge in [0.15, 0.2) is 0 Å². The van der Waals surface area contributed by atoms with Crippen molar-refractivity contribution in [1.29, 1.82) is 0 Å². The minimum absolute atomic E-state index is 0.264. The molecule has 0 radical (unpaired) electrons. The van der Waals surface area contributed by atoms with E-state index in [1.807, 2.05) is 6.08 Å². The van der Waals surface area contributed by atoms with E-state index in [4.69, 9.17) is 5.84 Å². The lowest BCUT2D eigenvalue weighted by Gasteiger charge is -2.18. The lowest BCUT2D eigenvalue weighted by molar-refractivity contribution is 0.413. The molecule has 0 aromatic heterocycles. The van der Waals surface area contributed by atoms with Crippen molar-refractivity contribution in [2.75, 3.05) is 0 Å². The zero-order valence-corrected chi connectivity index (χ0v) is 6.93. The van der Waals surface area contributed by atoms with E-state index in [1.54, 1.807) is 0 Å². The Morgan fingerprint density at radius 2 is 2.30 bits per heavy atom. The third kappa shape index (κ3) is 2.99. The molecule has 0 aliphatic carbocycles. The molecule has 0 amide bonds. The summed E-state index contributed by atoms with van der Waals surface area (Å²) in [7, 11) is 0. The van der Waals surface area contributed by atoms with Crippen molar-refractivity contribution in [3.8, 4) is 0 Å². The third-order valence-corrected chi connectivity index (χ3v) is 1.80. The number of nitrogens with one attached hydrogen (secondary N) is 1. The van der Waals surface area contributed by atoms with Gasteiger partial charge in [-0.15, -0.1) is 6.58 Å². The molecule has 0 bridgehead atoms. The Bertz CT molecular complexity index is 91.3. The molecule has 2 nitrogen and oxygen atoms in total. The van der Waals surface area contributed by atoms with Crippen molar-refractivity contribution in [1.82, 2.24) is 5.43 Å². The number of hydrogen-bond donors (Lipinski definition) is 2. The first kappa shape index (κ1) is 9.66. The first-order valence-electron chi connectivity index (χ1n) is 3.84. The molecule has 10 heavy (non-hydrogen) atoms. The second-order valence-corrected chi connectivity index (χ2v) is 2.69. The number of nitrogens with two attached hydrogens (primary N) is 1. The molecule has 0 aliphatic heterocycles. The minimum atomic E-state index is 0.264. The fraction of sp³-hybridized carbons (Fsp3) is 0.750. The maximum Gasteiger partial charge on any atom is 0.0413 e. The quantitative estimate of drug-likeness (QED) is 0.346. The highest BCUT2D eigenvalue weighted by Crippen LogP contribution is 2.09. The molecule has 2 atom stereocenters. The van der Waals surface area contributed by atoms with Gasteiger partial charge in [0.25, 0.3) is 0 Å². The van der Waals surface area contributed by atoms with E-state index in [9.17, 15) is 0 Å². The van der Waals surface area contributed by atoms with Crippen LogP contribution in [0.15, 0.2) is 12.7 Å². The minimum Gasteiger partial charge on any atom is -0.271 e. The average Bonchev–Trinajstić information content (AvgIpc) is 1.91. The Labute approximate surface area is 63.5 Å². The van der Waals surface area contributed by atoms with Crippen molar-refractivity contribution in [3.05, 3.63) is 12.7 Å². The maximum absolute atomic E-state index is 5.29. The molecule has 0 aliphatic rings. The highest BCUT2D eigenvalue weighted by molar-refractivity contribution is 4.87. The van der Waals surface area contributed by atoms with Crippen molar-refractivity contribution in [2.24, 2.45) is 11.8 Å².